The fourth-order valence-corrected chi connectivity index (χ4v) is 4.51. The van der Waals surface area contributed by atoms with Crippen LogP contribution in [0, 0.1) is 5.92 Å². The Kier molecular flexibility index (Phi) is 5.58. The van der Waals surface area contributed by atoms with Crippen molar-refractivity contribution in [2.45, 2.75) is 38.4 Å². The third-order valence-corrected chi connectivity index (χ3v) is 5.94. The highest BCUT2D eigenvalue weighted by Gasteiger charge is 2.29. The van der Waals surface area contributed by atoms with Gasteiger partial charge in [-0.15, -0.1) is 0 Å². The van der Waals surface area contributed by atoms with Gasteiger partial charge in [-0.05, 0) is 36.3 Å². The summed E-state index contributed by atoms with van der Waals surface area (Å²) >= 11 is 0. The number of aliphatic carboxylic acids is 1. The molecule has 5 nitrogen and oxygen atoms in total. The van der Waals surface area contributed by atoms with Gasteiger partial charge in [-0.3, -0.25) is 4.79 Å². The van der Waals surface area contributed by atoms with Gasteiger partial charge in [0.2, 0.25) is 10.0 Å². The third kappa shape index (κ3) is 4.55. The number of nitrogens with zero attached hydrogens (tertiary/aromatic N) is 1. The minimum Gasteiger partial charge on any atom is -0.481 e. The number of rotatable bonds is 6. The summed E-state index contributed by atoms with van der Waals surface area (Å²) in [5, 5.41) is 8.87. The Morgan fingerprint density at radius 1 is 1.27 bits per heavy atom. The van der Waals surface area contributed by atoms with E-state index in [0.29, 0.717) is 13.1 Å². The molecule has 2 rings (SSSR count). The Morgan fingerprint density at radius 2 is 1.91 bits per heavy atom. The largest absolute Gasteiger partial charge is 0.481 e. The maximum atomic E-state index is 12.5. The van der Waals surface area contributed by atoms with E-state index < -0.39 is 16.0 Å². The van der Waals surface area contributed by atoms with E-state index in [2.05, 4.69) is 6.92 Å². The summed E-state index contributed by atoms with van der Waals surface area (Å²) < 4.78 is 26.5. The molecule has 1 atom stereocenters. The molecule has 1 aliphatic rings. The van der Waals surface area contributed by atoms with Crippen molar-refractivity contribution in [3.8, 4) is 0 Å². The van der Waals surface area contributed by atoms with E-state index in [1.807, 2.05) is 24.3 Å². The molecule has 0 bridgehead atoms. The van der Waals surface area contributed by atoms with Crippen molar-refractivity contribution in [3.63, 3.8) is 0 Å². The SMILES string of the molecule is CCc1ccc(CS(=O)(=O)N2CCCC(CC(=O)O)C2)cc1. The summed E-state index contributed by atoms with van der Waals surface area (Å²) in [5.41, 5.74) is 1.96. The molecule has 1 N–H and O–H groups in total. The quantitative estimate of drug-likeness (QED) is 0.870. The third-order valence-electron chi connectivity index (χ3n) is 4.12. The Hall–Kier alpha value is -1.40. The molecule has 0 saturated carbocycles. The van der Waals surface area contributed by atoms with Crippen LogP contribution >= 0.6 is 0 Å². The lowest BCUT2D eigenvalue weighted by atomic mass is 9.96. The van der Waals surface area contributed by atoms with Crippen molar-refractivity contribution in [1.82, 2.24) is 4.31 Å². The minimum atomic E-state index is -3.38. The molecule has 1 aromatic carbocycles. The van der Waals surface area contributed by atoms with E-state index >= 15 is 0 Å². The topological polar surface area (TPSA) is 74.7 Å². The molecule has 0 aromatic heterocycles. The zero-order chi connectivity index (χ0) is 16.2. The first-order valence-electron chi connectivity index (χ1n) is 7.68. The molecular weight excluding hydrogens is 302 g/mol. The second-order valence-corrected chi connectivity index (χ2v) is 7.86. The van der Waals surface area contributed by atoms with E-state index in [-0.39, 0.29) is 18.1 Å². The number of hydrogen-bond donors (Lipinski definition) is 1. The molecule has 0 amide bonds. The van der Waals surface area contributed by atoms with Gasteiger partial charge < -0.3 is 5.11 Å². The van der Waals surface area contributed by atoms with Crippen molar-refractivity contribution in [2.24, 2.45) is 5.92 Å². The van der Waals surface area contributed by atoms with Crippen LogP contribution in [-0.4, -0.2) is 36.9 Å². The van der Waals surface area contributed by atoms with Crippen LogP contribution in [0.5, 0.6) is 0 Å². The maximum Gasteiger partial charge on any atom is 0.303 e. The van der Waals surface area contributed by atoms with Crippen molar-refractivity contribution < 1.29 is 18.3 Å². The van der Waals surface area contributed by atoms with E-state index in [9.17, 15) is 13.2 Å². The molecule has 0 aliphatic carbocycles. The van der Waals surface area contributed by atoms with E-state index in [1.54, 1.807) is 0 Å². The predicted octanol–water partition coefficient (Wildman–Crippen LogP) is 2.27. The number of carboxylic acids is 1. The van der Waals surface area contributed by atoms with Crippen molar-refractivity contribution in [3.05, 3.63) is 35.4 Å². The lowest BCUT2D eigenvalue weighted by molar-refractivity contribution is -0.138. The van der Waals surface area contributed by atoms with E-state index in [0.717, 1.165) is 24.8 Å². The Balaban J connectivity index is 2.03. The first-order valence-corrected chi connectivity index (χ1v) is 9.29. The highest BCUT2D eigenvalue weighted by atomic mass is 32.2. The lowest BCUT2D eigenvalue weighted by Gasteiger charge is -2.31. The van der Waals surface area contributed by atoms with Gasteiger partial charge in [0.05, 0.1) is 5.75 Å². The lowest BCUT2D eigenvalue weighted by Crippen LogP contribution is -2.41. The monoisotopic (exact) mass is 325 g/mol. The average Bonchev–Trinajstić information content (AvgIpc) is 2.47. The molecule has 22 heavy (non-hydrogen) atoms. The van der Waals surface area contributed by atoms with Crippen LogP contribution in [0.15, 0.2) is 24.3 Å². The molecule has 6 heteroatoms. The van der Waals surface area contributed by atoms with E-state index in [1.165, 1.54) is 9.87 Å². The van der Waals surface area contributed by atoms with Crippen LogP contribution in [0.4, 0.5) is 0 Å². The molecule has 0 spiro atoms. The number of carboxylic acid groups (broad SMARTS) is 1. The fraction of sp³-hybridized carbons (Fsp3) is 0.562. The van der Waals surface area contributed by atoms with Gasteiger partial charge in [0.15, 0.2) is 0 Å². The van der Waals surface area contributed by atoms with Gasteiger partial charge in [-0.25, -0.2) is 12.7 Å². The normalized spacial score (nSPS) is 20.0. The molecule has 1 saturated heterocycles. The standard InChI is InChI=1S/C16H23NO4S/c1-2-13-5-7-14(8-6-13)12-22(20,21)17-9-3-4-15(11-17)10-16(18)19/h5-8,15H,2-4,9-12H2,1H3,(H,18,19). The zero-order valence-electron chi connectivity index (χ0n) is 12.9. The summed E-state index contributed by atoms with van der Waals surface area (Å²) in [6.07, 6.45) is 2.47. The van der Waals surface area contributed by atoms with Crippen LogP contribution in [0.25, 0.3) is 0 Å². The highest BCUT2D eigenvalue weighted by molar-refractivity contribution is 7.88. The number of aryl methyl sites for hydroxylation is 1. The van der Waals surface area contributed by atoms with Gasteiger partial charge in [0.1, 0.15) is 0 Å². The molecule has 1 unspecified atom stereocenters. The van der Waals surface area contributed by atoms with Crippen molar-refractivity contribution in [1.29, 1.82) is 0 Å². The van der Waals surface area contributed by atoms with Crippen LogP contribution < -0.4 is 0 Å². The number of benzene rings is 1. The Labute approximate surface area is 132 Å². The first kappa shape index (κ1) is 17.0. The van der Waals surface area contributed by atoms with Crippen LogP contribution in [0.3, 0.4) is 0 Å². The Morgan fingerprint density at radius 3 is 2.50 bits per heavy atom. The zero-order valence-corrected chi connectivity index (χ0v) is 13.7. The number of carbonyl (C=O) groups is 1. The number of piperidine rings is 1. The molecule has 0 radical (unpaired) electrons. The molecular formula is C16H23NO4S. The molecule has 1 aliphatic heterocycles. The minimum absolute atomic E-state index is 0.0171. The van der Waals surface area contributed by atoms with Crippen molar-refractivity contribution >= 4 is 16.0 Å². The smallest absolute Gasteiger partial charge is 0.303 e. The van der Waals surface area contributed by atoms with Crippen LogP contribution in [-0.2, 0) is 27.0 Å². The van der Waals surface area contributed by atoms with Gasteiger partial charge in [-0.2, -0.15) is 0 Å². The molecule has 1 heterocycles. The van der Waals surface area contributed by atoms with Crippen LogP contribution in [0.2, 0.25) is 0 Å². The summed E-state index contributed by atoms with van der Waals surface area (Å²) in [7, 11) is -3.38. The number of sulfonamides is 1. The molecule has 1 fully saturated rings. The van der Waals surface area contributed by atoms with Crippen molar-refractivity contribution in [2.75, 3.05) is 13.1 Å². The van der Waals surface area contributed by atoms with Gasteiger partial charge in [-0.1, -0.05) is 31.2 Å². The summed E-state index contributed by atoms with van der Waals surface area (Å²) in [6.45, 7) is 2.87. The van der Waals surface area contributed by atoms with Gasteiger partial charge in [0, 0.05) is 19.5 Å². The molecule has 122 valence electrons. The predicted molar refractivity (Wildman–Crippen MR) is 85.0 cm³/mol. The average molecular weight is 325 g/mol. The number of hydrogen-bond acceptors (Lipinski definition) is 3. The maximum absolute atomic E-state index is 12.5. The molecule has 1 aromatic rings. The Bertz CT molecular complexity index is 610. The summed E-state index contributed by atoms with van der Waals surface area (Å²) in [4.78, 5) is 10.8. The van der Waals surface area contributed by atoms with Gasteiger partial charge in [0.25, 0.3) is 0 Å². The fourth-order valence-electron chi connectivity index (χ4n) is 2.87. The second kappa shape index (κ2) is 7.24. The summed E-state index contributed by atoms with van der Waals surface area (Å²) in [6, 6.07) is 7.62. The highest BCUT2D eigenvalue weighted by Crippen LogP contribution is 2.23. The van der Waals surface area contributed by atoms with E-state index in [4.69, 9.17) is 5.11 Å². The second-order valence-electron chi connectivity index (χ2n) is 5.89. The van der Waals surface area contributed by atoms with Gasteiger partial charge >= 0.3 is 5.97 Å². The summed E-state index contributed by atoms with van der Waals surface area (Å²) in [5.74, 6) is -0.959. The first-order chi connectivity index (χ1) is 10.4. The van der Waals surface area contributed by atoms with Crippen LogP contribution in [0.1, 0.15) is 37.3 Å².